The molecule has 2 aromatic carbocycles. The molecule has 3 aromatic heterocycles. The van der Waals surface area contributed by atoms with Gasteiger partial charge in [-0.25, -0.2) is 4.98 Å². The number of aromatic hydroxyl groups is 2. The maximum atomic E-state index is 11.7. The van der Waals surface area contributed by atoms with Gasteiger partial charge in [-0.05, 0) is 51.0 Å². The van der Waals surface area contributed by atoms with Crippen LogP contribution in [-0.2, 0) is 15.9 Å². The van der Waals surface area contributed by atoms with Crippen LogP contribution >= 0.6 is 11.3 Å². The number of hydrogen-bond acceptors (Lipinski definition) is 8. The van der Waals surface area contributed by atoms with Gasteiger partial charge in [0.1, 0.15) is 10.6 Å². The predicted octanol–water partition coefficient (Wildman–Crippen LogP) is 6.44. The first-order valence-electron chi connectivity index (χ1n) is 13.2. The molecule has 0 radical (unpaired) electrons. The van der Waals surface area contributed by atoms with Crippen molar-refractivity contribution < 1.29 is 19.7 Å². The highest BCUT2D eigenvalue weighted by molar-refractivity contribution is 7.15. The molecule has 40 heavy (non-hydrogen) atoms. The number of benzene rings is 2. The molecule has 2 bridgehead atoms. The second kappa shape index (κ2) is 8.81. The average molecular weight is 551 g/mol. The molecule has 200 valence electrons. The molecule has 5 aromatic rings. The zero-order chi connectivity index (χ0) is 27.6. The number of nitriles is 1. The Morgan fingerprint density at radius 2 is 1.80 bits per heavy atom. The van der Waals surface area contributed by atoms with Crippen molar-refractivity contribution in [3.63, 3.8) is 0 Å². The summed E-state index contributed by atoms with van der Waals surface area (Å²) >= 11 is 1.57. The molecule has 0 amide bonds. The molecule has 0 aliphatic carbocycles. The summed E-state index contributed by atoms with van der Waals surface area (Å²) in [4.78, 5) is 9.75. The van der Waals surface area contributed by atoms with Crippen molar-refractivity contribution in [2.24, 2.45) is 0 Å². The SMILES string of the molecule is Cc1sc(-c2ccncc2)nc1OCC[C@@]12CC[C@@](C)(O1)c1c2c(O)n(-c2ccc(C#N)c3ccccc23)c1O. The Morgan fingerprint density at radius 3 is 2.58 bits per heavy atom. The molecule has 2 N–H and O–H groups in total. The van der Waals surface area contributed by atoms with Gasteiger partial charge >= 0.3 is 0 Å². The fourth-order valence-corrected chi connectivity index (χ4v) is 7.22. The van der Waals surface area contributed by atoms with Gasteiger partial charge in [0, 0.05) is 35.2 Å². The van der Waals surface area contributed by atoms with Gasteiger partial charge in [0.05, 0.1) is 45.5 Å². The third-order valence-corrected chi connectivity index (χ3v) is 9.22. The highest BCUT2D eigenvalue weighted by Crippen LogP contribution is 2.65. The number of rotatable bonds is 6. The van der Waals surface area contributed by atoms with Crippen molar-refractivity contribution in [1.29, 1.82) is 5.26 Å². The van der Waals surface area contributed by atoms with E-state index >= 15 is 0 Å². The standard InChI is InChI=1S/C31H26N4O4S/c1-18-26(34-27(40-18)19-9-14-33-15-10-19)38-16-13-31-12-11-30(2,39-31)24-25(31)29(37)35(28(24)36)23-8-7-20(17-32)21-5-3-4-6-22(21)23/h3-10,14-15,36-37H,11-13,16H2,1-2H3/t30-,31-/m1/s1. The molecule has 5 heterocycles. The average Bonchev–Trinajstić information content (AvgIpc) is 3.67. The van der Waals surface area contributed by atoms with E-state index in [2.05, 4.69) is 11.1 Å². The summed E-state index contributed by atoms with van der Waals surface area (Å²) in [6.07, 6.45) is 5.39. The predicted molar refractivity (Wildman–Crippen MR) is 151 cm³/mol. The van der Waals surface area contributed by atoms with E-state index < -0.39 is 11.2 Å². The first kappa shape index (κ1) is 24.6. The van der Waals surface area contributed by atoms with Gasteiger partial charge in [-0.2, -0.15) is 5.26 Å². The fourth-order valence-electron chi connectivity index (χ4n) is 6.36. The van der Waals surface area contributed by atoms with Gasteiger partial charge in [-0.3, -0.25) is 9.55 Å². The minimum atomic E-state index is -0.794. The minimum absolute atomic E-state index is 0.0373. The third-order valence-electron chi connectivity index (χ3n) is 8.22. The highest BCUT2D eigenvalue weighted by Gasteiger charge is 2.61. The molecule has 2 aliphatic heterocycles. The van der Waals surface area contributed by atoms with Crippen molar-refractivity contribution in [3.05, 3.63) is 82.5 Å². The molecule has 9 heteroatoms. The summed E-state index contributed by atoms with van der Waals surface area (Å²) in [7, 11) is 0. The van der Waals surface area contributed by atoms with Crippen LogP contribution in [0.25, 0.3) is 27.0 Å². The maximum Gasteiger partial charge on any atom is 0.227 e. The van der Waals surface area contributed by atoms with Gasteiger partial charge in [-0.1, -0.05) is 24.3 Å². The van der Waals surface area contributed by atoms with Crippen LogP contribution in [0, 0.1) is 18.3 Å². The summed E-state index contributed by atoms with van der Waals surface area (Å²) in [5.74, 6) is 0.501. The molecule has 1 saturated heterocycles. The number of nitrogens with zero attached hydrogens (tertiary/aromatic N) is 4. The molecule has 7 rings (SSSR count). The van der Waals surface area contributed by atoms with Gasteiger partial charge < -0.3 is 19.7 Å². The van der Waals surface area contributed by atoms with Crippen LogP contribution in [0.5, 0.6) is 17.6 Å². The molecule has 1 fully saturated rings. The Labute approximate surface area is 234 Å². The van der Waals surface area contributed by atoms with Crippen LogP contribution in [0.3, 0.4) is 0 Å². The van der Waals surface area contributed by atoms with Crippen LogP contribution < -0.4 is 4.74 Å². The number of ether oxygens (including phenoxy) is 2. The Kier molecular flexibility index (Phi) is 5.43. The topological polar surface area (TPSA) is 113 Å². The van der Waals surface area contributed by atoms with Gasteiger partial charge in [-0.15, -0.1) is 11.3 Å². The summed E-state index contributed by atoms with van der Waals surface area (Å²) in [6, 6.07) is 17.1. The number of fused-ring (bicyclic) bond motifs is 6. The van der Waals surface area contributed by atoms with Crippen LogP contribution in [0.1, 0.15) is 47.8 Å². The van der Waals surface area contributed by atoms with E-state index in [1.807, 2.05) is 50.2 Å². The Bertz CT molecular complexity index is 1840. The van der Waals surface area contributed by atoms with Crippen molar-refractivity contribution in [2.75, 3.05) is 6.61 Å². The second-order valence-corrected chi connectivity index (χ2v) is 11.8. The van der Waals surface area contributed by atoms with E-state index in [4.69, 9.17) is 14.5 Å². The molecule has 2 aliphatic rings. The smallest absolute Gasteiger partial charge is 0.227 e. The lowest BCUT2D eigenvalue weighted by Gasteiger charge is -2.26. The zero-order valence-corrected chi connectivity index (χ0v) is 22.8. The quantitative estimate of drug-likeness (QED) is 0.250. The van der Waals surface area contributed by atoms with Crippen molar-refractivity contribution in [2.45, 2.75) is 44.3 Å². The number of thiazole rings is 1. The van der Waals surface area contributed by atoms with Crippen molar-refractivity contribution in [1.82, 2.24) is 14.5 Å². The lowest BCUT2D eigenvalue weighted by Crippen LogP contribution is -2.25. The summed E-state index contributed by atoms with van der Waals surface area (Å²) in [5.41, 5.74) is 1.84. The van der Waals surface area contributed by atoms with Gasteiger partial charge in [0.25, 0.3) is 0 Å². The van der Waals surface area contributed by atoms with Crippen LogP contribution in [0.4, 0.5) is 0 Å². The van der Waals surface area contributed by atoms with Crippen LogP contribution in [0.15, 0.2) is 60.9 Å². The molecule has 0 saturated carbocycles. The lowest BCUT2D eigenvalue weighted by atomic mass is 9.78. The van der Waals surface area contributed by atoms with E-state index in [0.717, 1.165) is 26.2 Å². The third kappa shape index (κ3) is 3.46. The summed E-state index contributed by atoms with van der Waals surface area (Å²) in [5, 5.41) is 35.2. The van der Waals surface area contributed by atoms with E-state index in [9.17, 15) is 15.5 Å². The van der Waals surface area contributed by atoms with Crippen LogP contribution in [-0.4, -0.2) is 31.4 Å². The number of aryl methyl sites for hydroxylation is 1. The first-order chi connectivity index (χ1) is 19.3. The van der Waals surface area contributed by atoms with E-state index in [-0.39, 0.29) is 11.8 Å². The van der Waals surface area contributed by atoms with Gasteiger partial charge in [0.2, 0.25) is 17.6 Å². The first-order valence-corrected chi connectivity index (χ1v) is 14.0. The Morgan fingerprint density at radius 1 is 1.05 bits per heavy atom. The zero-order valence-electron chi connectivity index (χ0n) is 22.0. The Balaban J connectivity index is 1.23. The Hall–Kier alpha value is -4.39. The molecular weight excluding hydrogens is 524 g/mol. The second-order valence-electron chi connectivity index (χ2n) is 10.6. The molecule has 2 atom stereocenters. The maximum absolute atomic E-state index is 11.7. The minimum Gasteiger partial charge on any atom is -0.494 e. The van der Waals surface area contributed by atoms with E-state index in [0.29, 0.717) is 54.1 Å². The largest absolute Gasteiger partial charge is 0.494 e. The van der Waals surface area contributed by atoms with E-state index in [1.54, 1.807) is 35.9 Å². The summed E-state index contributed by atoms with van der Waals surface area (Å²) < 4.78 is 14.2. The molecular formula is C31H26N4O4S. The number of pyridine rings is 1. The monoisotopic (exact) mass is 550 g/mol. The van der Waals surface area contributed by atoms with Crippen LogP contribution in [0.2, 0.25) is 0 Å². The van der Waals surface area contributed by atoms with Crippen molar-refractivity contribution in [3.8, 4) is 40.0 Å². The fraction of sp³-hybridized carbons (Fsp3) is 0.258. The molecule has 0 unspecified atom stereocenters. The summed E-state index contributed by atoms with van der Waals surface area (Å²) in [6.45, 7) is 4.28. The molecule has 0 spiro atoms. The number of hydrogen-bond donors (Lipinski definition) is 2. The highest BCUT2D eigenvalue weighted by atomic mass is 32.1. The number of aromatic nitrogens is 3. The lowest BCUT2D eigenvalue weighted by molar-refractivity contribution is -0.0877. The molecule has 8 nitrogen and oxygen atoms in total. The van der Waals surface area contributed by atoms with Crippen molar-refractivity contribution >= 4 is 22.1 Å². The van der Waals surface area contributed by atoms with E-state index in [1.165, 1.54) is 4.57 Å². The normalized spacial score (nSPS) is 21.0. The van der Waals surface area contributed by atoms with Gasteiger partial charge in [0.15, 0.2) is 0 Å².